The number of benzene rings is 2. The number of amides is 3. The predicted molar refractivity (Wildman–Crippen MR) is 147 cm³/mol. The first-order chi connectivity index (χ1) is 18.2. The number of fused-ring (bicyclic) bond motifs is 1. The molecule has 1 aliphatic heterocycles. The molecule has 38 heavy (non-hydrogen) atoms. The smallest absolute Gasteiger partial charge is 0.243 e. The Kier molecular flexibility index (Phi) is 9.04. The molecule has 4 rings (SSSR count). The van der Waals surface area contributed by atoms with Crippen LogP contribution in [0.4, 0.5) is 11.4 Å². The van der Waals surface area contributed by atoms with Gasteiger partial charge in [-0.05, 0) is 62.9 Å². The molecule has 1 fully saturated rings. The fourth-order valence-corrected chi connectivity index (χ4v) is 5.70. The van der Waals surface area contributed by atoms with Crippen LogP contribution in [0.2, 0.25) is 0 Å². The summed E-state index contributed by atoms with van der Waals surface area (Å²) < 4.78 is 23.5. The molecule has 1 saturated carbocycles. The van der Waals surface area contributed by atoms with Gasteiger partial charge in [0.05, 0.1) is 0 Å². The summed E-state index contributed by atoms with van der Waals surface area (Å²) in [6.07, 6.45) is 5.18. The van der Waals surface area contributed by atoms with Gasteiger partial charge in [-0.3, -0.25) is 23.5 Å². The molecule has 2 aromatic rings. The molecule has 3 amide bonds. The van der Waals surface area contributed by atoms with Crippen LogP contribution in [-0.2, 0) is 25.2 Å². The van der Waals surface area contributed by atoms with Crippen LogP contribution in [0.1, 0.15) is 50.2 Å². The molecule has 9 nitrogen and oxygen atoms in total. The van der Waals surface area contributed by atoms with Crippen LogP contribution in [-0.4, -0.2) is 52.3 Å². The normalized spacial score (nSPS) is 16.4. The van der Waals surface area contributed by atoms with E-state index in [2.05, 4.69) is 10.6 Å². The van der Waals surface area contributed by atoms with Crippen LogP contribution in [0.3, 0.4) is 0 Å². The Hall–Kier alpha value is -3.40. The average molecular weight is 542 g/mol. The fraction of sp³-hybridized carbons (Fsp3) is 0.464. The molecule has 2 aromatic carbocycles. The highest BCUT2D eigenvalue weighted by Crippen LogP contribution is 2.34. The zero-order valence-corrected chi connectivity index (χ0v) is 22.9. The van der Waals surface area contributed by atoms with Crippen molar-refractivity contribution in [3.63, 3.8) is 0 Å². The van der Waals surface area contributed by atoms with Gasteiger partial charge in [-0.15, -0.1) is 0 Å². The van der Waals surface area contributed by atoms with Gasteiger partial charge in [-0.1, -0.05) is 31.4 Å². The molecule has 1 aliphatic carbocycles. The van der Waals surface area contributed by atoms with Crippen molar-refractivity contribution in [3.8, 4) is 11.5 Å². The molecule has 204 valence electrons. The Morgan fingerprint density at radius 1 is 1.03 bits per heavy atom. The van der Waals surface area contributed by atoms with Gasteiger partial charge in [-0.25, -0.2) is 0 Å². The number of ether oxygens (including phenoxy) is 2. The average Bonchev–Trinajstić information content (AvgIpc) is 3.35. The van der Waals surface area contributed by atoms with Crippen LogP contribution in [0, 0.1) is 13.8 Å². The van der Waals surface area contributed by atoms with Gasteiger partial charge in [0, 0.05) is 34.3 Å². The second-order valence-electron chi connectivity index (χ2n) is 9.85. The van der Waals surface area contributed by atoms with Crippen LogP contribution >= 0.6 is 0 Å². The van der Waals surface area contributed by atoms with Crippen molar-refractivity contribution < 1.29 is 28.1 Å². The van der Waals surface area contributed by atoms with Crippen molar-refractivity contribution in [2.24, 2.45) is 0 Å². The first kappa shape index (κ1) is 27.6. The van der Waals surface area contributed by atoms with Gasteiger partial charge in [0.2, 0.25) is 24.5 Å². The standard InChI is InChI=1S/C28H35N3O6S/c1-18-8-7-11-23(19(18)2)31(20(3)28(34)30-21-9-5-4-6-10-21)27(33)16-38(35)15-26(32)29-22-12-13-24-25(14-22)37-17-36-24/h7-8,11-14,20-21H,4-6,9-10,15-17H2,1-3H3,(H,29,32)(H,30,34)/t20-,38+/m1/s1. The highest BCUT2D eigenvalue weighted by molar-refractivity contribution is 7.86. The minimum Gasteiger partial charge on any atom is -0.454 e. The lowest BCUT2D eigenvalue weighted by atomic mass is 9.95. The largest absolute Gasteiger partial charge is 0.454 e. The summed E-state index contributed by atoms with van der Waals surface area (Å²) >= 11 is 0. The molecule has 0 unspecified atom stereocenters. The van der Waals surface area contributed by atoms with E-state index in [1.165, 1.54) is 11.3 Å². The summed E-state index contributed by atoms with van der Waals surface area (Å²) in [5.74, 6) is -0.839. The van der Waals surface area contributed by atoms with Gasteiger partial charge >= 0.3 is 0 Å². The van der Waals surface area contributed by atoms with Gasteiger partial charge in [0.15, 0.2) is 11.5 Å². The second kappa shape index (κ2) is 12.4. The van der Waals surface area contributed by atoms with E-state index in [-0.39, 0.29) is 30.2 Å². The van der Waals surface area contributed by atoms with Crippen LogP contribution in [0.5, 0.6) is 11.5 Å². The zero-order chi connectivity index (χ0) is 27.2. The number of anilines is 2. The van der Waals surface area contributed by atoms with Crippen LogP contribution in [0.25, 0.3) is 0 Å². The summed E-state index contributed by atoms with van der Waals surface area (Å²) in [5.41, 5.74) is 2.92. The number of carbonyl (C=O) groups excluding carboxylic acids is 3. The molecule has 0 radical (unpaired) electrons. The molecule has 2 aliphatic rings. The monoisotopic (exact) mass is 541 g/mol. The SMILES string of the molecule is Cc1cccc(N(C(=O)C[S@@](=O)CC(=O)Nc2ccc3c(c2)OCO3)[C@H](C)C(=O)NC2CCCCC2)c1C. The lowest BCUT2D eigenvalue weighted by Crippen LogP contribution is -2.52. The van der Waals surface area contributed by atoms with Gasteiger partial charge in [0.1, 0.15) is 17.5 Å². The molecule has 2 atom stereocenters. The van der Waals surface area contributed by atoms with Gasteiger partial charge in [0.25, 0.3) is 0 Å². The number of carbonyl (C=O) groups is 3. The number of hydrogen-bond acceptors (Lipinski definition) is 6. The van der Waals surface area contributed by atoms with Crippen molar-refractivity contribution in [1.82, 2.24) is 5.32 Å². The number of nitrogens with one attached hydrogen (secondary N) is 2. The first-order valence-electron chi connectivity index (χ1n) is 13.0. The first-order valence-corrected chi connectivity index (χ1v) is 14.4. The molecular weight excluding hydrogens is 506 g/mol. The van der Waals surface area contributed by atoms with E-state index in [0.717, 1.165) is 36.8 Å². The molecule has 2 N–H and O–H groups in total. The Labute approximate surface area is 225 Å². The molecule has 0 saturated heterocycles. The van der Waals surface area contributed by atoms with Gasteiger partial charge in [-0.2, -0.15) is 0 Å². The van der Waals surface area contributed by atoms with Crippen molar-refractivity contribution in [1.29, 1.82) is 0 Å². The molecule has 0 bridgehead atoms. The summed E-state index contributed by atoms with van der Waals surface area (Å²) in [6, 6.07) is 9.83. The molecule has 10 heteroatoms. The predicted octanol–water partition coefficient (Wildman–Crippen LogP) is 3.59. The van der Waals surface area contributed by atoms with E-state index < -0.39 is 28.7 Å². The maximum atomic E-state index is 13.5. The lowest BCUT2D eigenvalue weighted by Gasteiger charge is -2.32. The summed E-state index contributed by atoms with van der Waals surface area (Å²) in [7, 11) is -1.79. The molecule has 0 spiro atoms. The maximum absolute atomic E-state index is 13.5. The van der Waals surface area contributed by atoms with E-state index in [1.54, 1.807) is 31.2 Å². The minimum absolute atomic E-state index is 0.100. The van der Waals surface area contributed by atoms with E-state index >= 15 is 0 Å². The third kappa shape index (κ3) is 6.72. The molecule has 0 aromatic heterocycles. The Balaban J connectivity index is 1.43. The number of nitrogens with zero attached hydrogens (tertiary/aromatic N) is 1. The maximum Gasteiger partial charge on any atom is 0.243 e. The van der Waals surface area contributed by atoms with E-state index in [9.17, 15) is 18.6 Å². The minimum atomic E-state index is -1.79. The van der Waals surface area contributed by atoms with Crippen molar-refractivity contribution in [2.75, 3.05) is 28.5 Å². The third-order valence-electron chi connectivity index (χ3n) is 7.06. The van der Waals surface area contributed by atoms with Crippen molar-refractivity contribution in [3.05, 3.63) is 47.5 Å². The lowest BCUT2D eigenvalue weighted by molar-refractivity contribution is -0.126. The summed E-state index contributed by atoms with van der Waals surface area (Å²) in [6.45, 7) is 5.64. The highest BCUT2D eigenvalue weighted by Gasteiger charge is 2.31. The molecular formula is C28H35N3O6S. The summed E-state index contributed by atoms with van der Waals surface area (Å²) in [4.78, 5) is 40.7. The highest BCUT2D eigenvalue weighted by atomic mass is 32.2. The third-order valence-corrected chi connectivity index (χ3v) is 8.21. The van der Waals surface area contributed by atoms with Crippen molar-refractivity contribution in [2.45, 2.75) is 65.0 Å². The zero-order valence-electron chi connectivity index (χ0n) is 22.1. The van der Waals surface area contributed by atoms with Crippen molar-refractivity contribution >= 4 is 39.9 Å². The van der Waals surface area contributed by atoms with E-state index in [1.807, 2.05) is 26.0 Å². The fourth-order valence-electron chi connectivity index (χ4n) is 4.82. The van der Waals surface area contributed by atoms with E-state index in [4.69, 9.17) is 9.47 Å². The number of hydrogen-bond donors (Lipinski definition) is 2. The quantitative estimate of drug-likeness (QED) is 0.502. The van der Waals surface area contributed by atoms with Crippen LogP contribution in [0.15, 0.2) is 36.4 Å². The summed E-state index contributed by atoms with van der Waals surface area (Å²) in [5, 5.41) is 5.78. The number of rotatable bonds is 9. The Bertz CT molecular complexity index is 1230. The van der Waals surface area contributed by atoms with E-state index in [0.29, 0.717) is 22.9 Å². The number of aryl methyl sites for hydroxylation is 1. The Morgan fingerprint density at radius 3 is 2.53 bits per heavy atom. The second-order valence-corrected chi connectivity index (χ2v) is 11.3. The van der Waals surface area contributed by atoms with Crippen LogP contribution < -0.4 is 25.0 Å². The molecule has 1 heterocycles. The Morgan fingerprint density at radius 2 is 1.76 bits per heavy atom. The topological polar surface area (TPSA) is 114 Å². The van der Waals surface area contributed by atoms with Gasteiger partial charge < -0.3 is 20.1 Å².